The van der Waals surface area contributed by atoms with Crippen molar-refractivity contribution in [2.75, 3.05) is 70.3 Å². The van der Waals surface area contributed by atoms with Crippen LogP contribution in [-0.2, 0) is 4.79 Å². The normalized spacial score (nSPS) is 14.6. The van der Waals surface area contributed by atoms with E-state index in [2.05, 4.69) is 62.7 Å². The summed E-state index contributed by atoms with van der Waals surface area (Å²) in [7, 11) is 0. The van der Waals surface area contributed by atoms with Gasteiger partial charge in [0.05, 0.1) is 0 Å². The highest BCUT2D eigenvalue weighted by Crippen LogP contribution is 2.15. The quantitative estimate of drug-likeness (QED) is 0.179. The number of hydrogen-bond acceptors (Lipinski definition) is 4. The maximum atomic E-state index is 12.1. The van der Waals surface area contributed by atoms with E-state index in [-0.39, 0.29) is 29.9 Å². The Kier molecular flexibility index (Phi) is 15.1. The van der Waals surface area contributed by atoms with Crippen molar-refractivity contribution >= 4 is 41.5 Å². The molecule has 1 aromatic carbocycles. The van der Waals surface area contributed by atoms with Gasteiger partial charge in [-0.05, 0) is 52.3 Å². The molecule has 2 N–H and O–H groups in total. The minimum Gasteiger partial charge on any atom is -0.369 e. The van der Waals surface area contributed by atoms with E-state index in [1.54, 1.807) is 0 Å². The first-order chi connectivity index (χ1) is 15.2. The molecule has 0 aromatic heterocycles. The minimum absolute atomic E-state index is 0. The van der Waals surface area contributed by atoms with Gasteiger partial charge in [0, 0.05) is 71.0 Å². The number of hydrogen-bond donors (Lipinski definition) is 2. The maximum Gasteiger partial charge on any atom is 0.224 e. The number of guanidine groups is 1. The number of aliphatic imine (C=N–C) groups is 1. The summed E-state index contributed by atoms with van der Waals surface area (Å²) < 4.78 is 0. The molecule has 0 unspecified atom stereocenters. The van der Waals surface area contributed by atoms with Crippen molar-refractivity contribution in [3.05, 3.63) is 30.3 Å². The zero-order valence-electron chi connectivity index (χ0n) is 20.2. The lowest BCUT2D eigenvalue weighted by molar-refractivity contribution is -0.130. The average molecular weight is 559 g/mol. The van der Waals surface area contributed by atoms with Gasteiger partial charge in [0.15, 0.2) is 5.96 Å². The molecule has 2 rings (SSSR count). The van der Waals surface area contributed by atoms with E-state index >= 15 is 0 Å². The Hall–Kier alpha value is -1.55. The number of nitrogens with one attached hydrogen (secondary N) is 2. The Morgan fingerprint density at radius 3 is 2.31 bits per heavy atom. The lowest BCUT2D eigenvalue weighted by Gasteiger charge is -2.36. The fraction of sp³-hybridized carbons (Fsp3) is 0.667. The van der Waals surface area contributed by atoms with E-state index in [1.165, 1.54) is 5.69 Å². The molecular weight excluding hydrogens is 515 g/mol. The van der Waals surface area contributed by atoms with Gasteiger partial charge in [-0.15, -0.1) is 24.0 Å². The largest absolute Gasteiger partial charge is 0.369 e. The van der Waals surface area contributed by atoms with E-state index < -0.39 is 0 Å². The topological polar surface area (TPSA) is 63.2 Å². The molecule has 8 heteroatoms. The maximum absolute atomic E-state index is 12.1. The van der Waals surface area contributed by atoms with E-state index in [1.807, 2.05) is 18.7 Å². The van der Waals surface area contributed by atoms with Crippen LogP contribution in [0.25, 0.3) is 0 Å². The molecule has 1 aliphatic heterocycles. The van der Waals surface area contributed by atoms with Crippen molar-refractivity contribution in [3.63, 3.8) is 0 Å². The summed E-state index contributed by atoms with van der Waals surface area (Å²) in [6, 6.07) is 10.7. The van der Waals surface area contributed by atoms with Crippen LogP contribution in [0, 0.1) is 0 Å². The zero-order valence-corrected chi connectivity index (χ0v) is 22.5. The molecule has 1 amide bonds. The molecule has 0 saturated carbocycles. The summed E-state index contributed by atoms with van der Waals surface area (Å²) >= 11 is 0. The van der Waals surface area contributed by atoms with Gasteiger partial charge >= 0.3 is 0 Å². The van der Waals surface area contributed by atoms with Gasteiger partial charge in [0.1, 0.15) is 0 Å². The van der Waals surface area contributed by atoms with Gasteiger partial charge < -0.3 is 20.4 Å². The second kappa shape index (κ2) is 17.0. The molecule has 1 heterocycles. The number of para-hydroxylation sites is 1. The molecule has 182 valence electrons. The van der Waals surface area contributed by atoms with Crippen LogP contribution >= 0.6 is 24.0 Å². The standard InChI is InChI=1S/C24H42N6O.HI/c1-4-25-24(27-16-14-23(31)29(5-2)6-3)26-15-10-11-17-28-18-20-30(21-19-28)22-12-8-7-9-13-22;/h7-9,12-13H,4-6,10-11,14-21H2,1-3H3,(H2,25,26,27);1H. The third-order valence-corrected chi connectivity index (χ3v) is 5.74. The molecule has 0 bridgehead atoms. The second-order valence-corrected chi connectivity index (χ2v) is 7.87. The first-order valence-electron chi connectivity index (χ1n) is 12.0. The third kappa shape index (κ3) is 10.4. The highest BCUT2D eigenvalue weighted by Gasteiger charge is 2.16. The van der Waals surface area contributed by atoms with Crippen LogP contribution in [0.15, 0.2) is 35.3 Å². The van der Waals surface area contributed by atoms with Crippen molar-refractivity contribution in [1.82, 2.24) is 20.4 Å². The number of nitrogens with zero attached hydrogens (tertiary/aromatic N) is 4. The van der Waals surface area contributed by atoms with E-state index in [0.29, 0.717) is 13.0 Å². The minimum atomic E-state index is 0. The Bertz CT molecular complexity index is 645. The number of halogens is 1. The smallest absolute Gasteiger partial charge is 0.224 e. The van der Waals surface area contributed by atoms with Gasteiger partial charge in [-0.25, -0.2) is 0 Å². The molecule has 0 atom stereocenters. The SMILES string of the molecule is CCNC(=NCCCCN1CCN(c2ccccc2)CC1)NCCC(=O)N(CC)CC.I. The van der Waals surface area contributed by atoms with Crippen molar-refractivity contribution in [1.29, 1.82) is 0 Å². The highest BCUT2D eigenvalue weighted by atomic mass is 127. The molecule has 0 radical (unpaired) electrons. The molecule has 7 nitrogen and oxygen atoms in total. The summed E-state index contributed by atoms with van der Waals surface area (Å²) in [6.07, 6.45) is 2.74. The summed E-state index contributed by atoms with van der Waals surface area (Å²) in [5.41, 5.74) is 1.33. The zero-order chi connectivity index (χ0) is 22.3. The van der Waals surface area contributed by atoms with Crippen LogP contribution in [0.5, 0.6) is 0 Å². The number of anilines is 1. The molecule has 1 aliphatic rings. The van der Waals surface area contributed by atoms with Gasteiger partial charge in [-0.2, -0.15) is 0 Å². The van der Waals surface area contributed by atoms with Crippen LogP contribution in [0.3, 0.4) is 0 Å². The third-order valence-electron chi connectivity index (χ3n) is 5.74. The number of amides is 1. The predicted octanol–water partition coefficient (Wildman–Crippen LogP) is 3.02. The van der Waals surface area contributed by atoms with Crippen molar-refractivity contribution in [3.8, 4) is 0 Å². The Balaban J connectivity index is 0.00000512. The van der Waals surface area contributed by atoms with Crippen molar-refractivity contribution < 1.29 is 4.79 Å². The summed E-state index contributed by atoms with van der Waals surface area (Å²) in [5.74, 6) is 1.01. The fourth-order valence-corrected chi connectivity index (χ4v) is 3.87. The number of carbonyl (C=O) groups excluding carboxylic acids is 1. The molecule has 1 fully saturated rings. The summed E-state index contributed by atoms with van der Waals surface area (Å²) in [5, 5.41) is 6.56. The van der Waals surface area contributed by atoms with Crippen molar-refractivity contribution in [2.24, 2.45) is 4.99 Å². The first-order valence-corrected chi connectivity index (χ1v) is 12.0. The molecule has 1 aromatic rings. The summed E-state index contributed by atoms with van der Waals surface area (Å²) in [4.78, 5) is 23.7. The molecular formula is C24H43IN6O. The van der Waals surface area contributed by atoms with E-state index in [4.69, 9.17) is 0 Å². The van der Waals surface area contributed by atoms with Crippen LogP contribution in [-0.4, -0.2) is 87.1 Å². The van der Waals surface area contributed by atoms with Gasteiger partial charge in [0.2, 0.25) is 5.91 Å². The molecule has 32 heavy (non-hydrogen) atoms. The average Bonchev–Trinajstić information content (AvgIpc) is 2.80. The number of piperazine rings is 1. The van der Waals surface area contributed by atoms with Gasteiger partial charge in [-0.3, -0.25) is 14.7 Å². The van der Waals surface area contributed by atoms with E-state index in [0.717, 1.165) is 77.7 Å². The number of rotatable bonds is 12. The Morgan fingerprint density at radius 2 is 1.69 bits per heavy atom. The lowest BCUT2D eigenvalue weighted by Crippen LogP contribution is -2.46. The number of unbranched alkanes of at least 4 members (excludes halogenated alkanes) is 1. The van der Waals surface area contributed by atoms with Crippen LogP contribution in [0.4, 0.5) is 5.69 Å². The van der Waals surface area contributed by atoms with Gasteiger partial charge in [0.25, 0.3) is 0 Å². The highest BCUT2D eigenvalue weighted by molar-refractivity contribution is 14.0. The number of benzene rings is 1. The molecule has 0 spiro atoms. The fourth-order valence-electron chi connectivity index (χ4n) is 3.87. The monoisotopic (exact) mass is 558 g/mol. The molecule has 1 saturated heterocycles. The lowest BCUT2D eigenvalue weighted by atomic mass is 10.2. The van der Waals surface area contributed by atoms with Crippen LogP contribution in [0.2, 0.25) is 0 Å². The van der Waals surface area contributed by atoms with Crippen molar-refractivity contribution in [2.45, 2.75) is 40.0 Å². The molecule has 0 aliphatic carbocycles. The Morgan fingerprint density at radius 1 is 1.00 bits per heavy atom. The van der Waals surface area contributed by atoms with Crippen LogP contribution < -0.4 is 15.5 Å². The van der Waals surface area contributed by atoms with E-state index in [9.17, 15) is 4.79 Å². The second-order valence-electron chi connectivity index (χ2n) is 7.87. The first kappa shape index (κ1) is 28.5. The van der Waals surface area contributed by atoms with Crippen LogP contribution in [0.1, 0.15) is 40.0 Å². The van der Waals surface area contributed by atoms with Gasteiger partial charge in [-0.1, -0.05) is 18.2 Å². The Labute approximate surface area is 212 Å². The predicted molar refractivity (Wildman–Crippen MR) is 146 cm³/mol. The summed E-state index contributed by atoms with van der Waals surface area (Å²) in [6.45, 7) is 15.5. The number of carbonyl (C=O) groups is 1.